The third-order valence-corrected chi connectivity index (χ3v) is 5.56. The highest BCUT2D eigenvalue weighted by atomic mass is 79.9. The molecule has 2 unspecified atom stereocenters. The maximum Gasteiger partial charge on any atom is 0.119 e. The largest absolute Gasteiger partial charge is 0.497 e. The van der Waals surface area contributed by atoms with Crippen LogP contribution in [-0.4, -0.2) is 31.7 Å². The molecule has 1 heterocycles. The molecule has 1 fully saturated rings. The van der Waals surface area contributed by atoms with Crippen LogP contribution in [0.5, 0.6) is 5.75 Å². The zero-order valence-corrected chi connectivity index (χ0v) is 13.3. The molecular formula is C14H20BrNOS. The molecular weight excluding hydrogens is 310 g/mol. The third-order valence-electron chi connectivity index (χ3n) is 3.60. The van der Waals surface area contributed by atoms with Gasteiger partial charge in [-0.25, -0.2) is 0 Å². The van der Waals surface area contributed by atoms with Crippen molar-refractivity contribution in [2.24, 2.45) is 5.92 Å². The van der Waals surface area contributed by atoms with Gasteiger partial charge < -0.3 is 10.1 Å². The molecule has 0 spiro atoms. The zero-order valence-electron chi connectivity index (χ0n) is 10.9. The summed E-state index contributed by atoms with van der Waals surface area (Å²) < 4.78 is 6.48. The van der Waals surface area contributed by atoms with E-state index >= 15 is 0 Å². The summed E-state index contributed by atoms with van der Waals surface area (Å²) in [7, 11) is 3.79. The van der Waals surface area contributed by atoms with Crippen LogP contribution in [0.25, 0.3) is 0 Å². The number of rotatable bonds is 5. The highest BCUT2D eigenvalue weighted by Crippen LogP contribution is 2.30. The van der Waals surface area contributed by atoms with E-state index in [0.29, 0.717) is 6.04 Å². The van der Waals surface area contributed by atoms with Crippen LogP contribution in [0.2, 0.25) is 0 Å². The number of methoxy groups -OCH3 is 1. The lowest BCUT2D eigenvalue weighted by molar-refractivity contribution is 0.399. The zero-order chi connectivity index (χ0) is 13.0. The Labute approximate surface area is 122 Å². The molecule has 100 valence electrons. The van der Waals surface area contributed by atoms with E-state index in [0.717, 1.165) is 18.1 Å². The van der Waals surface area contributed by atoms with Gasteiger partial charge >= 0.3 is 0 Å². The Hall–Kier alpha value is -0.190. The van der Waals surface area contributed by atoms with E-state index in [-0.39, 0.29) is 0 Å². The van der Waals surface area contributed by atoms with Crippen molar-refractivity contribution in [3.63, 3.8) is 0 Å². The molecule has 1 saturated heterocycles. The van der Waals surface area contributed by atoms with E-state index in [9.17, 15) is 0 Å². The summed E-state index contributed by atoms with van der Waals surface area (Å²) in [6.45, 7) is 0. The maximum atomic E-state index is 5.31. The summed E-state index contributed by atoms with van der Waals surface area (Å²) in [4.78, 5) is 0. The summed E-state index contributed by atoms with van der Waals surface area (Å²) in [6.07, 6.45) is 2.39. The van der Waals surface area contributed by atoms with E-state index in [4.69, 9.17) is 4.74 Å². The molecule has 0 amide bonds. The van der Waals surface area contributed by atoms with Gasteiger partial charge in [-0.2, -0.15) is 11.8 Å². The summed E-state index contributed by atoms with van der Waals surface area (Å²) >= 11 is 5.71. The Bertz CT molecular complexity index is 393. The van der Waals surface area contributed by atoms with Crippen molar-refractivity contribution in [3.05, 3.63) is 28.2 Å². The van der Waals surface area contributed by atoms with Crippen molar-refractivity contribution < 1.29 is 4.74 Å². The van der Waals surface area contributed by atoms with Gasteiger partial charge in [0.15, 0.2) is 0 Å². The van der Waals surface area contributed by atoms with Crippen LogP contribution in [0, 0.1) is 5.92 Å². The van der Waals surface area contributed by atoms with Gasteiger partial charge in [-0.05, 0) is 61.1 Å². The van der Waals surface area contributed by atoms with Gasteiger partial charge in [0.05, 0.1) is 7.11 Å². The first-order chi connectivity index (χ1) is 8.74. The van der Waals surface area contributed by atoms with E-state index in [1.54, 1.807) is 7.11 Å². The number of hydrogen-bond donors (Lipinski definition) is 1. The summed E-state index contributed by atoms with van der Waals surface area (Å²) in [5.41, 5.74) is 1.32. The highest BCUT2D eigenvalue weighted by molar-refractivity contribution is 9.10. The minimum absolute atomic E-state index is 0.559. The van der Waals surface area contributed by atoms with Gasteiger partial charge in [-0.15, -0.1) is 0 Å². The molecule has 0 aromatic heterocycles. The molecule has 2 rings (SSSR count). The SMILES string of the molecule is CNC(Cc1cc(OC)ccc1Br)C1CCSC1. The molecule has 0 aliphatic carbocycles. The van der Waals surface area contributed by atoms with Crippen LogP contribution in [0.15, 0.2) is 22.7 Å². The Morgan fingerprint density at radius 1 is 1.56 bits per heavy atom. The number of thioether (sulfide) groups is 1. The van der Waals surface area contributed by atoms with Crippen molar-refractivity contribution in [3.8, 4) is 5.75 Å². The average Bonchev–Trinajstić information content (AvgIpc) is 2.91. The van der Waals surface area contributed by atoms with Gasteiger partial charge in [-0.1, -0.05) is 15.9 Å². The van der Waals surface area contributed by atoms with Gasteiger partial charge in [0.1, 0.15) is 5.75 Å². The Kier molecular flexibility index (Phi) is 5.39. The normalized spacial score (nSPS) is 20.9. The van der Waals surface area contributed by atoms with Crippen LogP contribution in [0.1, 0.15) is 12.0 Å². The third kappa shape index (κ3) is 3.43. The quantitative estimate of drug-likeness (QED) is 0.895. The first-order valence-electron chi connectivity index (χ1n) is 6.32. The first kappa shape index (κ1) is 14.2. The fourth-order valence-corrected chi connectivity index (χ4v) is 4.19. The molecule has 0 radical (unpaired) electrons. The van der Waals surface area contributed by atoms with Crippen molar-refractivity contribution in [2.75, 3.05) is 25.7 Å². The number of ether oxygens (including phenoxy) is 1. The average molecular weight is 330 g/mol. The number of benzene rings is 1. The monoisotopic (exact) mass is 329 g/mol. The molecule has 4 heteroatoms. The predicted octanol–water partition coefficient (Wildman–Crippen LogP) is 3.34. The molecule has 1 aromatic rings. The van der Waals surface area contributed by atoms with Crippen molar-refractivity contribution in [1.29, 1.82) is 0 Å². The Morgan fingerprint density at radius 2 is 2.39 bits per heavy atom. The highest BCUT2D eigenvalue weighted by Gasteiger charge is 2.24. The van der Waals surface area contributed by atoms with E-state index < -0.39 is 0 Å². The standard InChI is InChI=1S/C14H20BrNOS/c1-16-14(10-5-6-18-9-10)8-11-7-12(17-2)3-4-13(11)15/h3-4,7,10,14,16H,5-6,8-9H2,1-2H3. The lowest BCUT2D eigenvalue weighted by Gasteiger charge is -2.23. The van der Waals surface area contributed by atoms with Crippen LogP contribution >= 0.6 is 27.7 Å². The van der Waals surface area contributed by atoms with Crippen LogP contribution < -0.4 is 10.1 Å². The van der Waals surface area contributed by atoms with Crippen LogP contribution in [-0.2, 0) is 6.42 Å². The molecule has 1 N–H and O–H groups in total. The minimum Gasteiger partial charge on any atom is -0.497 e. The van der Waals surface area contributed by atoms with Gasteiger partial charge in [0.2, 0.25) is 0 Å². The van der Waals surface area contributed by atoms with Gasteiger partial charge in [0, 0.05) is 10.5 Å². The van der Waals surface area contributed by atoms with Crippen molar-refractivity contribution in [2.45, 2.75) is 18.9 Å². The molecule has 2 nitrogen and oxygen atoms in total. The Morgan fingerprint density at radius 3 is 3.00 bits per heavy atom. The first-order valence-corrected chi connectivity index (χ1v) is 8.26. The number of nitrogens with one attached hydrogen (secondary N) is 1. The molecule has 1 aliphatic rings. The van der Waals surface area contributed by atoms with E-state index in [1.165, 1.54) is 28.0 Å². The summed E-state index contributed by atoms with van der Waals surface area (Å²) in [6, 6.07) is 6.76. The maximum absolute atomic E-state index is 5.31. The smallest absolute Gasteiger partial charge is 0.119 e. The fourth-order valence-electron chi connectivity index (χ4n) is 2.45. The molecule has 2 atom stereocenters. The van der Waals surface area contributed by atoms with E-state index in [2.05, 4.69) is 52.2 Å². The second-order valence-electron chi connectivity index (χ2n) is 4.68. The lowest BCUT2D eigenvalue weighted by Crippen LogP contribution is -2.35. The van der Waals surface area contributed by atoms with Crippen molar-refractivity contribution in [1.82, 2.24) is 5.32 Å². The number of likely N-dealkylation sites (N-methyl/N-ethyl adjacent to an activating group) is 1. The lowest BCUT2D eigenvalue weighted by atomic mass is 9.93. The molecule has 0 saturated carbocycles. The molecule has 18 heavy (non-hydrogen) atoms. The fraction of sp³-hybridized carbons (Fsp3) is 0.571. The number of hydrogen-bond acceptors (Lipinski definition) is 3. The molecule has 1 aromatic carbocycles. The minimum atomic E-state index is 0.559. The second-order valence-corrected chi connectivity index (χ2v) is 6.68. The number of halogens is 1. The van der Waals surface area contributed by atoms with Gasteiger partial charge in [0.25, 0.3) is 0 Å². The topological polar surface area (TPSA) is 21.3 Å². The van der Waals surface area contributed by atoms with Crippen LogP contribution in [0.3, 0.4) is 0 Å². The van der Waals surface area contributed by atoms with Gasteiger partial charge in [-0.3, -0.25) is 0 Å². The molecule has 1 aliphatic heterocycles. The van der Waals surface area contributed by atoms with E-state index in [1.807, 2.05) is 6.07 Å². The predicted molar refractivity (Wildman–Crippen MR) is 82.7 cm³/mol. The summed E-state index contributed by atoms with van der Waals surface area (Å²) in [5, 5.41) is 3.48. The second kappa shape index (κ2) is 6.83. The summed E-state index contributed by atoms with van der Waals surface area (Å²) in [5.74, 6) is 4.32. The van der Waals surface area contributed by atoms with Crippen LogP contribution in [0.4, 0.5) is 0 Å². The Balaban J connectivity index is 2.10. The molecule has 0 bridgehead atoms. The van der Waals surface area contributed by atoms with Crippen molar-refractivity contribution >= 4 is 27.7 Å².